The number of carbonyl (C=O) groups is 4. The van der Waals surface area contributed by atoms with Crippen LogP contribution in [0.25, 0.3) is 0 Å². The van der Waals surface area contributed by atoms with Crippen molar-refractivity contribution in [2.24, 2.45) is 0 Å². The van der Waals surface area contributed by atoms with Gasteiger partial charge in [-0.05, 0) is 72.8 Å². The van der Waals surface area contributed by atoms with Crippen LogP contribution in [0, 0.1) is 0 Å². The number of ether oxygens (including phenoxy) is 2. The van der Waals surface area contributed by atoms with Crippen molar-refractivity contribution in [3.05, 3.63) is 84.0 Å². The molecule has 0 aliphatic heterocycles. The number of carboxylic acid groups (broad SMARTS) is 2. The Hall–Kier alpha value is -4.20. The van der Waals surface area contributed by atoms with Gasteiger partial charge in [-0.3, -0.25) is 9.59 Å². The number of methoxy groups -OCH3 is 2. The maximum absolute atomic E-state index is 10.4. The first kappa shape index (κ1) is 23.8. The van der Waals surface area contributed by atoms with Gasteiger partial charge in [0.05, 0.1) is 25.3 Å². The van der Waals surface area contributed by atoms with Gasteiger partial charge in [0.25, 0.3) is 0 Å². The highest BCUT2D eigenvalue weighted by molar-refractivity contribution is 6.14. The molecule has 0 heterocycles. The van der Waals surface area contributed by atoms with E-state index in [1.165, 1.54) is 62.8 Å². The van der Waals surface area contributed by atoms with Crippen LogP contribution in [0.4, 0.5) is 0 Å². The minimum atomic E-state index is -0.923. The lowest BCUT2D eigenvalue weighted by Crippen LogP contribution is -1.97. The third-order valence-corrected chi connectivity index (χ3v) is 3.50. The van der Waals surface area contributed by atoms with E-state index in [1.807, 2.05) is 0 Å². The van der Waals surface area contributed by atoms with Crippen LogP contribution >= 0.6 is 0 Å². The second-order valence-electron chi connectivity index (χ2n) is 5.54. The Morgan fingerprint density at radius 2 is 0.867 bits per heavy atom. The fourth-order valence-electron chi connectivity index (χ4n) is 1.91. The van der Waals surface area contributed by atoms with Gasteiger partial charge in [0, 0.05) is 0 Å². The second kappa shape index (κ2) is 12.3. The Kier molecular flexibility index (Phi) is 9.77. The third-order valence-electron chi connectivity index (χ3n) is 3.50. The van der Waals surface area contributed by atoms with Crippen molar-refractivity contribution in [1.82, 2.24) is 0 Å². The van der Waals surface area contributed by atoms with Gasteiger partial charge < -0.3 is 19.7 Å². The zero-order valence-electron chi connectivity index (χ0n) is 16.3. The second-order valence-corrected chi connectivity index (χ2v) is 5.54. The normalized spacial score (nSPS) is 11.4. The lowest BCUT2D eigenvalue weighted by atomic mass is 10.2. The molecule has 2 aromatic rings. The van der Waals surface area contributed by atoms with Gasteiger partial charge in [0.1, 0.15) is 11.5 Å². The van der Waals surface area contributed by atoms with Gasteiger partial charge in [-0.25, -0.2) is 9.59 Å². The highest BCUT2D eigenvalue weighted by Crippen LogP contribution is 2.11. The molecule has 156 valence electrons. The highest BCUT2D eigenvalue weighted by Gasteiger charge is 2.01. The summed E-state index contributed by atoms with van der Waals surface area (Å²) in [5.74, 6) is -0.764. The van der Waals surface area contributed by atoms with Crippen molar-refractivity contribution in [2.75, 3.05) is 14.2 Å². The van der Waals surface area contributed by atoms with E-state index in [9.17, 15) is 19.2 Å². The van der Waals surface area contributed by atoms with Gasteiger partial charge in [0.2, 0.25) is 0 Å². The van der Waals surface area contributed by atoms with Gasteiger partial charge in [-0.15, -0.1) is 0 Å². The topological polar surface area (TPSA) is 127 Å². The van der Waals surface area contributed by atoms with Crippen LogP contribution in [0.1, 0.15) is 20.7 Å². The summed E-state index contributed by atoms with van der Waals surface area (Å²) in [6, 6.07) is 12.5. The van der Waals surface area contributed by atoms with Gasteiger partial charge in [-0.1, -0.05) is 0 Å². The Labute approximate surface area is 172 Å². The van der Waals surface area contributed by atoms with Crippen LogP contribution in [0.15, 0.2) is 72.8 Å². The lowest BCUT2D eigenvalue weighted by Gasteiger charge is -1.98. The number of rotatable bonds is 4. The average molecular weight is 412 g/mol. The maximum Gasteiger partial charge on any atom is 0.335 e. The Balaban J connectivity index is 0.000000228. The monoisotopic (exact) mass is 412 g/mol. The molecule has 8 nitrogen and oxygen atoms in total. The maximum atomic E-state index is 10.4. The molecule has 1 aliphatic carbocycles. The van der Waals surface area contributed by atoms with Crippen molar-refractivity contribution in [3.63, 3.8) is 0 Å². The van der Waals surface area contributed by atoms with E-state index in [4.69, 9.17) is 19.7 Å². The zero-order chi connectivity index (χ0) is 22.5. The molecule has 0 aromatic heterocycles. The van der Waals surface area contributed by atoms with E-state index >= 15 is 0 Å². The molecule has 8 heteroatoms. The third kappa shape index (κ3) is 8.66. The molecule has 3 rings (SSSR count). The van der Waals surface area contributed by atoms with Crippen molar-refractivity contribution >= 4 is 23.5 Å². The number of allylic oxidation sites excluding steroid dienone is 4. The molecule has 2 aromatic carbocycles. The van der Waals surface area contributed by atoms with Crippen LogP contribution in [-0.4, -0.2) is 47.9 Å². The summed E-state index contributed by atoms with van der Waals surface area (Å²) < 4.78 is 9.71. The highest BCUT2D eigenvalue weighted by atomic mass is 16.5. The van der Waals surface area contributed by atoms with Crippen LogP contribution in [0.5, 0.6) is 11.5 Å². The predicted molar refractivity (Wildman–Crippen MR) is 108 cm³/mol. The summed E-state index contributed by atoms with van der Waals surface area (Å²) in [6.07, 6.45) is 5.01. The summed E-state index contributed by atoms with van der Waals surface area (Å²) in [7, 11) is 3.07. The van der Waals surface area contributed by atoms with Crippen molar-refractivity contribution < 1.29 is 38.9 Å². The first-order valence-electron chi connectivity index (χ1n) is 8.45. The van der Waals surface area contributed by atoms with E-state index in [1.54, 1.807) is 24.3 Å². The van der Waals surface area contributed by atoms with Gasteiger partial charge >= 0.3 is 11.9 Å². The zero-order valence-corrected chi connectivity index (χ0v) is 16.3. The van der Waals surface area contributed by atoms with Gasteiger partial charge in [-0.2, -0.15) is 0 Å². The number of ketones is 2. The molecule has 1 aliphatic rings. The molecule has 0 radical (unpaired) electrons. The quantitative estimate of drug-likeness (QED) is 0.734. The largest absolute Gasteiger partial charge is 0.497 e. The van der Waals surface area contributed by atoms with Crippen LogP contribution in [0.2, 0.25) is 0 Å². The first-order valence-corrected chi connectivity index (χ1v) is 8.45. The molecule has 0 bridgehead atoms. The Bertz CT molecular complexity index is 843. The average Bonchev–Trinajstić information content (AvgIpc) is 2.76. The number of aromatic carboxylic acids is 2. The number of benzene rings is 2. The lowest BCUT2D eigenvalue weighted by molar-refractivity contribution is -0.113. The first-order chi connectivity index (χ1) is 14.3. The molecule has 0 amide bonds. The smallest absolute Gasteiger partial charge is 0.335 e. The predicted octanol–water partition coefficient (Wildman–Crippen LogP) is 3.04. The number of hydrogen-bond acceptors (Lipinski definition) is 6. The van der Waals surface area contributed by atoms with E-state index in [-0.39, 0.29) is 22.7 Å². The number of hydrogen-bond donors (Lipinski definition) is 2. The van der Waals surface area contributed by atoms with E-state index in [0.29, 0.717) is 11.5 Å². The minimum Gasteiger partial charge on any atom is -0.497 e. The molecule has 0 saturated heterocycles. The number of carboxylic acids is 2. The minimum absolute atomic E-state index is 0.121. The molecule has 2 N–H and O–H groups in total. The van der Waals surface area contributed by atoms with E-state index in [0.717, 1.165) is 0 Å². The van der Waals surface area contributed by atoms with Crippen molar-refractivity contribution in [2.45, 2.75) is 0 Å². The van der Waals surface area contributed by atoms with E-state index < -0.39 is 11.9 Å². The SMILES string of the molecule is COc1ccc(C(=O)O)cc1.COc1ccc(C(=O)O)cc1.O=C1C=CC(=O)C=C1. The summed E-state index contributed by atoms with van der Waals surface area (Å²) in [4.78, 5) is 41.3. The summed E-state index contributed by atoms with van der Waals surface area (Å²) in [5.41, 5.74) is 0.539. The molecule has 30 heavy (non-hydrogen) atoms. The van der Waals surface area contributed by atoms with Crippen LogP contribution in [-0.2, 0) is 9.59 Å². The molecule has 0 unspecified atom stereocenters. The Morgan fingerprint density at radius 3 is 1.07 bits per heavy atom. The summed E-state index contributed by atoms with van der Waals surface area (Å²) in [6.45, 7) is 0. The van der Waals surface area contributed by atoms with Crippen molar-refractivity contribution in [3.8, 4) is 11.5 Å². The molecular formula is C22H20O8. The fourth-order valence-corrected chi connectivity index (χ4v) is 1.91. The van der Waals surface area contributed by atoms with Crippen LogP contribution < -0.4 is 9.47 Å². The molecular weight excluding hydrogens is 392 g/mol. The summed E-state index contributed by atoms with van der Waals surface area (Å²) in [5, 5.41) is 17.0. The summed E-state index contributed by atoms with van der Waals surface area (Å²) >= 11 is 0. The standard InChI is InChI=1S/2C8H8O3.C6H4O2/c2*1-11-7-4-2-6(3-5-7)8(9)10;7-5-1-2-6(8)4-3-5/h2*2-5H,1H3,(H,9,10);1-4H. The Morgan fingerprint density at radius 1 is 0.600 bits per heavy atom. The van der Waals surface area contributed by atoms with E-state index in [2.05, 4.69) is 0 Å². The molecule has 0 saturated carbocycles. The molecule has 0 spiro atoms. The van der Waals surface area contributed by atoms with Crippen molar-refractivity contribution in [1.29, 1.82) is 0 Å². The molecule has 0 fully saturated rings. The van der Waals surface area contributed by atoms with Gasteiger partial charge in [0.15, 0.2) is 11.6 Å². The number of carbonyl (C=O) groups excluding carboxylic acids is 2. The fraction of sp³-hybridized carbons (Fsp3) is 0.0909. The van der Waals surface area contributed by atoms with Crippen LogP contribution in [0.3, 0.4) is 0 Å². The molecule has 0 atom stereocenters.